The van der Waals surface area contributed by atoms with Gasteiger partial charge in [-0.05, 0) is 24.8 Å². The second kappa shape index (κ2) is 3.31. The molecule has 0 saturated heterocycles. The molecule has 15 heavy (non-hydrogen) atoms. The average molecular weight is 249 g/mol. The number of hydrogen-bond acceptors (Lipinski definition) is 2. The summed E-state index contributed by atoms with van der Waals surface area (Å²) in [6, 6.07) is 0. The highest BCUT2D eigenvalue weighted by Crippen LogP contribution is 2.44. The average Bonchev–Trinajstić information content (AvgIpc) is 2.63. The molecule has 1 rings (SSSR count). The van der Waals surface area contributed by atoms with Gasteiger partial charge in [-0.3, -0.25) is 0 Å². The third-order valence-corrected chi connectivity index (χ3v) is 12.4. The van der Waals surface area contributed by atoms with Crippen LogP contribution in [0.1, 0.15) is 40.5 Å². The van der Waals surface area contributed by atoms with Crippen LogP contribution in [0.25, 0.3) is 0 Å². The Hall–Kier alpha value is 0.127. The molecule has 0 aliphatic heterocycles. The van der Waals surface area contributed by atoms with Gasteiger partial charge in [-0.1, -0.05) is 33.9 Å². The van der Waals surface area contributed by atoms with Gasteiger partial charge in [-0.2, -0.15) is 0 Å². The largest absolute Gasteiger partial charge is 0.236 e. The zero-order chi connectivity index (χ0) is 12.1. The molecule has 0 heterocycles. The van der Waals surface area contributed by atoms with Crippen molar-refractivity contribution >= 4 is 18.3 Å². The van der Waals surface area contributed by atoms with Crippen molar-refractivity contribution in [2.45, 2.75) is 63.4 Å². The number of sulfonamides is 1. The van der Waals surface area contributed by atoms with Crippen molar-refractivity contribution in [1.29, 1.82) is 0 Å². The van der Waals surface area contributed by atoms with Crippen LogP contribution >= 0.6 is 0 Å². The maximum atomic E-state index is 12.1. The Bertz CT molecular complexity index is 350. The predicted octanol–water partition coefficient (Wildman–Crippen LogP) is 2.46. The first-order chi connectivity index (χ1) is 6.41. The Morgan fingerprint density at radius 2 is 1.60 bits per heavy atom. The van der Waals surface area contributed by atoms with Gasteiger partial charge in [-0.15, -0.1) is 0 Å². The molecule has 0 aromatic carbocycles. The van der Waals surface area contributed by atoms with E-state index in [0.717, 1.165) is 12.8 Å². The van der Waals surface area contributed by atoms with E-state index in [2.05, 4.69) is 38.3 Å². The number of hydrogen-bond donors (Lipinski definition) is 1. The molecular weight excluding hydrogens is 226 g/mol. The summed E-state index contributed by atoms with van der Waals surface area (Å²) in [5.41, 5.74) is 0. The smallest absolute Gasteiger partial charge is 0.211 e. The molecule has 0 spiro atoms. The minimum absolute atomic E-state index is 0.0469. The second-order valence-electron chi connectivity index (χ2n) is 6.43. The van der Waals surface area contributed by atoms with E-state index in [1.807, 2.05) is 6.92 Å². The third-order valence-electron chi connectivity index (χ3n) is 3.87. The molecule has 0 unspecified atom stereocenters. The maximum absolute atomic E-state index is 12.1. The predicted molar refractivity (Wildman–Crippen MR) is 66.9 cm³/mol. The third kappa shape index (κ3) is 2.45. The van der Waals surface area contributed by atoms with Crippen LogP contribution in [-0.4, -0.2) is 21.4 Å². The van der Waals surface area contributed by atoms with Crippen LogP contribution in [0.5, 0.6) is 0 Å². The fraction of sp³-hybridized carbons (Fsp3) is 1.00. The highest BCUT2D eigenvalue weighted by atomic mass is 32.2. The Morgan fingerprint density at radius 3 is 1.87 bits per heavy atom. The van der Waals surface area contributed by atoms with E-state index < -0.39 is 23.0 Å². The standard InChI is InChI=1S/C10H23NO2SSi/c1-9(2,3)15(5,6)11-14(12,13)10(4)7-8-10/h11H,7-8H2,1-6H3. The summed E-state index contributed by atoms with van der Waals surface area (Å²) in [5.74, 6) is 0. The zero-order valence-electron chi connectivity index (χ0n) is 10.6. The van der Waals surface area contributed by atoms with Gasteiger partial charge in [0.05, 0.1) is 4.75 Å². The molecule has 90 valence electrons. The van der Waals surface area contributed by atoms with Crippen molar-refractivity contribution in [1.82, 2.24) is 4.39 Å². The molecule has 1 aliphatic rings. The second-order valence-corrected chi connectivity index (χ2v) is 14.0. The summed E-state index contributed by atoms with van der Waals surface area (Å²) >= 11 is 0. The van der Waals surface area contributed by atoms with E-state index in [4.69, 9.17) is 0 Å². The van der Waals surface area contributed by atoms with Crippen molar-refractivity contribution in [3.05, 3.63) is 0 Å². The van der Waals surface area contributed by atoms with Gasteiger partial charge in [-0.25, -0.2) is 12.8 Å². The molecule has 0 radical (unpaired) electrons. The van der Waals surface area contributed by atoms with Crippen LogP contribution in [0.15, 0.2) is 0 Å². The fourth-order valence-electron chi connectivity index (χ4n) is 1.06. The van der Waals surface area contributed by atoms with Gasteiger partial charge in [0, 0.05) is 0 Å². The summed E-state index contributed by atoms with van der Waals surface area (Å²) in [6.45, 7) is 12.3. The Balaban J connectivity index is 2.87. The molecule has 0 bridgehead atoms. The van der Waals surface area contributed by atoms with Crippen LogP contribution < -0.4 is 4.39 Å². The van der Waals surface area contributed by atoms with Gasteiger partial charge >= 0.3 is 0 Å². The molecule has 1 saturated carbocycles. The van der Waals surface area contributed by atoms with Gasteiger partial charge < -0.3 is 0 Å². The Morgan fingerprint density at radius 1 is 1.20 bits per heavy atom. The lowest BCUT2D eigenvalue weighted by atomic mass is 10.2. The molecular formula is C10H23NO2SSi. The highest BCUT2D eigenvalue weighted by Gasteiger charge is 2.53. The van der Waals surface area contributed by atoms with Gasteiger partial charge in [0.25, 0.3) is 0 Å². The van der Waals surface area contributed by atoms with Crippen molar-refractivity contribution in [3.8, 4) is 0 Å². The molecule has 0 amide bonds. The summed E-state index contributed by atoms with van der Waals surface area (Å²) in [6.07, 6.45) is 1.61. The number of nitrogens with one attached hydrogen (secondary N) is 1. The van der Waals surface area contributed by atoms with Crippen molar-refractivity contribution in [3.63, 3.8) is 0 Å². The van der Waals surface area contributed by atoms with Crippen molar-refractivity contribution in [2.75, 3.05) is 0 Å². The normalized spacial score (nSPS) is 21.5. The first kappa shape index (κ1) is 13.2. The molecule has 5 heteroatoms. The van der Waals surface area contributed by atoms with Crippen LogP contribution in [0, 0.1) is 0 Å². The van der Waals surface area contributed by atoms with Crippen LogP contribution in [0.4, 0.5) is 0 Å². The van der Waals surface area contributed by atoms with Crippen molar-refractivity contribution in [2.24, 2.45) is 0 Å². The van der Waals surface area contributed by atoms with Crippen molar-refractivity contribution < 1.29 is 8.42 Å². The SMILES string of the molecule is CC(C)(C)[Si](C)(C)NS(=O)(=O)C1(C)CC1. The lowest BCUT2D eigenvalue weighted by Gasteiger charge is -2.37. The summed E-state index contributed by atoms with van der Waals surface area (Å²) in [4.78, 5) is 0. The van der Waals surface area contributed by atoms with E-state index >= 15 is 0 Å². The first-order valence-corrected chi connectivity index (χ1v) is 9.93. The molecule has 3 nitrogen and oxygen atoms in total. The minimum Gasteiger partial charge on any atom is -0.236 e. The van der Waals surface area contributed by atoms with Crippen LogP contribution in [0.2, 0.25) is 18.1 Å². The van der Waals surface area contributed by atoms with Gasteiger partial charge in [0.2, 0.25) is 10.0 Å². The van der Waals surface area contributed by atoms with E-state index in [0.29, 0.717) is 0 Å². The summed E-state index contributed by atoms with van der Waals surface area (Å²) in [7, 11) is -5.06. The highest BCUT2D eigenvalue weighted by molar-refractivity contribution is 7.92. The molecule has 0 aromatic heterocycles. The fourth-order valence-corrected chi connectivity index (χ4v) is 6.59. The van der Waals surface area contributed by atoms with E-state index in [1.165, 1.54) is 0 Å². The van der Waals surface area contributed by atoms with E-state index in [9.17, 15) is 8.42 Å². The lowest BCUT2D eigenvalue weighted by molar-refractivity contribution is 0.575. The number of rotatable bonds is 3. The quantitative estimate of drug-likeness (QED) is 0.781. The molecule has 1 fully saturated rings. The minimum atomic E-state index is -3.12. The molecule has 0 aromatic rings. The lowest BCUT2D eigenvalue weighted by Crippen LogP contribution is -2.56. The zero-order valence-corrected chi connectivity index (χ0v) is 12.5. The summed E-state index contributed by atoms with van der Waals surface area (Å²) < 4.78 is 26.7. The van der Waals surface area contributed by atoms with Crippen LogP contribution in [-0.2, 0) is 10.0 Å². The van der Waals surface area contributed by atoms with E-state index in [-0.39, 0.29) is 5.04 Å². The summed E-state index contributed by atoms with van der Waals surface area (Å²) in [5, 5.41) is 0.0469. The maximum Gasteiger partial charge on any atom is 0.211 e. The Labute approximate surface area is 94.8 Å². The molecule has 1 N–H and O–H groups in total. The van der Waals surface area contributed by atoms with Gasteiger partial charge in [0.1, 0.15) is 8.24 Å². The topological polar surface area (TPSA) is 46.2 Å². The Kier molecular flexibility index (Phi) is 2.91. The van der Waals surface area contributed by atoms with Gasteiger partial charge in [0.15, 0.2) is 0 Å². The van der Waals surface area contributed by atoms with E-state index in [1.54, 1.807) is 0 Å². The monoisotopic (exact) mass is 249 g/mol. The molecule has 1 aliphatic carbocycles. The first-order valence-electron chi connectivity index (χ1n) is 5.45. The van der Waals surface area contributed by atoms with Crippen LogP contribution in [0.3, 0.4) is 0 Å². The molecule has 0 atom stereocenters.